The number of ketones is 1. The molecule has 78 valence electrons. The molecule has 3 nitrogen and oxygen atoms in total. The van der Waals surface area contributed by atoms with Crippen LogP contribution in [0, 0.1) is 11.3 Å². The number of Topliss-reactive ketones (excluding diaryl/α,β-unsaturated/α-hetero) is 1. The Balaban J connectivity index is 1.85. The summed E-state index contributed by atoms with van der Waals surface area (Å²) >= 11 is 0. The highest BCUT2D eigenvalue weighted by molar-refractivity contribution is 5.82. The number of hydrogen-bond acceptors (Lipinski definition) is 3. The molecule has 3 heteroatoms. The van der Waals surface area contributed by atoms with Crippen molar-refractivity contribution in [3.63, 3.8) is 0 Å². The summed E-state index contributed by atoms with van der Waals surface area (Å²) in [6, 6.07) is 0. The Morgan fingerprint density at radius 2 is 2.07 bits per heavy atom. The normalized spacial score (nSPS) is 44.9. The van der Waals surface area contributed by atoms with E-state index in [2.05, 4.69) is 6.92 Å². The van der Waals surface area contributed by atoms with Gasteiger partial charge in [-0.25, -0.2) is 0 Å². The Morgan fingerprint density at radius 3 is 2.71 bits per heavy atom. The van der Waals surface area contributed by atoms with E-state index >= 15 is 0 Å². The highest BCUT2D eigenvalue weighted by atomic mass is 16.7. The highest BCUT2D eigenvalue weighted by Gasteiger charge is 2.58. The third kappa shape index (κ3) is 1.09. The summed E-state index contributed by atoms with van der Waals surface area (Å²) in [6.07, 6.45) is 3.31. The lowest BCUT2D eigenvalue weighted by Gasteiger charge is -2.25. The number of carbonyl (C=O) groups is 1. The van der Waals surface area contributed by atoms with Crippen LogP contribution in [-0.2, 0) is 14.3 Å². The largest absolute Gasteiger partial charge is 0.348 e. The van der Waals surface area contributed by atoms with E-state index in [1.54, 1.807) is 0 Å². The minimum atomic E-state index is -0.319. The Kier molecular flexibility index (Phi) is 1.63. The van der Waals surface area contributed by atoms with Crippen molar-refractivity contribution in [1.29, 1.82) is 0 Å². The molecule has 0 aromatic carbocycles. The minimum Gasteiger partial charge on any atom is -0.348 e. The van der Waals surface area contributed by atoms with Crippen LogP contribution < -0.4 is 0 Å². The van der Waals surface area contributed by atoms with E-state index in [0.717, 1.165) is 38.9 Å². The zero-order valence-corrected chi connectivity index (χ0v) is 8.54. The van der Waals surface area contributed by atoms with Crippen LogP contribution in [0.1, 0.15) is 32.6 Å². The molecule has 3 rings (SSSR count). The first-order chi connectivity index (χ1) is 6.62. The zero-order valence-electron chi connectivity index (χ0n) is 8.54. The maximum atomic E-state index is 11.4. The summed E-state index contributed by atoms with van der Waals surface area (Å²) < 4.78 is 11.4. The SMILES string of the molecule is C[C@@]12CC(=O)C[C@@H]1CC1(C2)OCCO1. The van der Waals surface area contributed by atoms with Crippen LogP contribution in [0.5, 0.6) is 0 Å². The number of rotatable bonds is 0. The molecule has 0 N–H and O–H groups in total. The zero-order chi connectivity index (χ0) is 9.81. The van der Waals surface area contributed by atoms with E-state index in [4.69, 9.17) is 9.47 Å². The van der Waals surface area contributed by atoms with Crippen LogP contribution in [0.25, 0.3) is 0 Å². The predicted octanol–water partition coefficient (Wildman–Crippen LogP) is 1.51. The maximum absolute atomic E-state index is 11.4. The molecule has 3 aliphatic rings. The predicted molar refractivity (Wildman–Crippen MR) is 49.7 cm³/mol. The highest BCUT2D eigenvalue weighted by Crippen LogP contribution is 2.58. The first-order valence-corrected chi connectivity index (χ1v) is 5.42. The molecule has 0 bridgehead atoms. The average molecular weight is 196 g/mol. The molecule has 1 heterocycles. The number of ether oxygens (including phenoxy) is 2. The van der Waals surface area contributed by atoms with Crippen LogP contribution >= 0.6 is 0 Å². The lowest BCUT2D eigenvalue weighted by atomic mass is 9.83. The van der Waals surface area contributed by atoms with E-state index in [9.17, 15) is 4.79 Å². The van der Waals surface area contributed by atoms with E-state index in [-0.39, 0.29) is 11.2 Å². The molecule has 0 aromatic rings. The topological polar surface area (TPSA) is 35.5 Å². The molecule has 2 aliphatic carbocycles. The molecule has 1 spiro atoms. The van der Waals surface area contributed by atoms with E-state index in [1.165, 1.54) is 0 Å². The third-order valence-corrected chi connectivity index (χ3v) is 4.10. The van der Waals surface area contributed by atoms with Gasteiger partial charge in [-0.1, -0.05) is 6.92 Å². The van der Waals surface area contributed by atoms with Gasteiger partial charge in [-0.2, -0.15) is 0 Å². The van der Waals surface area contributed by atoms with Crippen LogP contribution in [0.3, 0.4) is 0 Å². The fourth-order valence-corrected chi connectivity index (χ4v) is 3.49. The van der Waals surface area contributed by atoms with Gasteiger partial charge in [0.2, 0.25) is 0 Å². The van der Waals surface area contributed by atoms with E-state index < -0.39 is 0 Å². The fourth-order valence-electron chi connectivity index (χ4n) is 3.49. The summed E-state index contributed by atoms with van der Waals surface area (Å²) in [4.78, 5) is 11.4. The number of carbonyl (C=O) groups excluding carboxylic acids is 1. The Hall–Kier alpha value is -0.410. The summed E-state index contributed by atoms with van der Waals surface area (Å²) in [5, 5.41) is 0. The van der Waals surface area contributed by atoms with Gasteiger partial charge in [-0.15, -0.1) is 0 Å². The second kappa shape index (κ2) is 2.58. The molecule has 2 atom stereocenters. The van der Waals surface area contributed by atoms with Crippen molar-refractivity contribution in [3.05, 3.63) is 0 Å². The van der Waals surface area contributed by atoms with Gasteiger partial charge in [0, 0.05) is 25.7 Å². The van der Waals surface area contributed by atoms with Crippen molar-refractivity contribution in [2.45, 2.75) is 38.4 Å². The molecule has 1 saturated heterocycles. The Labute approximate surface area is 83.8 Å². The summed E-state index contributed by atoms with van der Waals surface area (Å²) in [6.45, 7) is 3.65. The van der Waals surface area contributed by atoms with Crippen LogP contribution in [0.4, 0.5) is 0 Å². The molecule has 0 aromatic heterocycles. The second-order valence-electron chi connectivity index (χ2n) is 5.26. The minimum absolute atomic E-state index is 0.154. The van der Waals surface area contributed by atoms with Crippen molar-refractivity contribution in [2.24, 2.45) is 11.3 Å². The van der Waals surface area contributed by atoms with Gasteiger partial charge in [0.1, 0.15) is 5.78 Å². The van der Waals surface area contributed by atoms with Crippen LogP contribution in [0.15, 0.2) is 0 Å². The van der Waals surface area contributed by atoms with Gasteiger partial charge in [-0.3, -0.25) is 4.79 Å². The molecular weight excluding hydrogens is 180 g/mol. The van der Waals surface area contributed by atoms with E-state index in [1.807, 2.05) is 0 Å². The van der Waals surface area contributed by atoms with Gasteiger partial charge in [0.25, 0.3) is 0 Å². The fraction of sp³-hybridized carbons (Fsp3) is 0.909. The van der Waals surface area contributed by atoms with Gasteiger partial charge in [0.05, 0.1) is 13.2 Å². The van der Waals surface area contributed by atoms with Gasteiger partial charge in [-0.05, 0) is 11.3 Å². The van der Waals surface area contributed by atoms with Crippen molar-refractivity contribution in [2.75, 3.05) is 13.2 Å². The first-order valence-electron chi connectivity index (χ1n) is 5.42. The van der Waals surface area contributed by atoms with Crippen molar-refractivity contribution in [3.8, 4) is 0 Å². The number of hydrogen-bond donors (Lipinski definition) is 0. The molecule has 0 amide bonds. The van der Waals surface area contributed by atoms with Crippen molar-refractivity contribution in [1.82, 2.24) is 0 Å². The summed E-state index contributed by atoms with van der Waals surface area (Å²) in [5.74, 6) is 0.596. The molecule has 0 radical (unpaired) electrons. The molecule has 0 unspecified atom stereocenters. The molecule has 14 heavy (non-hydrogen) atoms. The third-order valence-electron chi connectivity index (χ3n) is 4.10. The molecule has 1 aliphatic heterocycles. The Bertz CT molecular complexity index is 280. The van der Waals surface area contributed by atoms with E-state index in [0.29, 0.717) is 11.7 Å². The molecule has 2 saturated carbocycles. The van der Waals surface area contributed by atoms with Crippen LogP contribution in [-0.4, -0.2) is 24.8 Å². The van der Waals surface area contributed by atoms with Gasteiger partial charge in [0.15, 0.2) is 5.79 Å². The summed E-state index contributed by atoms with van der Waals surface area (Å²) in [5.41, 5.74) is 0.154. The number of fused-ring (bicyclic) bond motifs is 1. The first kappa shape index (κ1) is 8.86. The van der Waals surface area contributed by atoms with Crippen molar-refractivity contribution >= 4 is 5.78 Å². The lowest BCUT2D eigenvalue weighted by Crippen LogP contribution is -2.28. The standard InChI is InChI=1S/C11H16O3/c1-10-6-9(12)4-8(10)5-11(7-10)13-2-3-14-11/h8H,2-7H2,1H3/t8-,10+/m1/s1. The monoisotopic (exact) mass is 196 g/mol. The second-order valence-corrected chi connectivity index (χ2v) is 5.26. The molecular formula is C11H16O3. The molecule has 3 fully saturated rings. The quantitative estimate of drug-likeness (QED) is 0.589. The smallest absolute Gasteiger partial charge is 0.169 e. The van der Waals surface area contributed by atoms with Gasteiger partial charge < -0.3 is 9.47 Å². The maximum Gasteiger partial charge on any atom is 0.169 e. The lowest BCUT2D eigenvalue weighted by molar-refractivity contribution is -0.158. The van der Waals surface area contributed by atoms with Crippen LogP contribution in [0.2, 0.25) is 0 Å². The Morgan fingerprint density at radius 1 is 1.36 bits per heavy atom. The van der Waals surface area contributed by atoms with Crippen molar-refractivity contribution < 1.29 is 14.3 Å². The van der Waals surface area contributed by atoms with Gasteiger partial charge >= 0.3 is 0 Å². The summed E-state index contributed by atoms with van der Waals surface area (Å²) in [7, 11) is 0. The average Bonchev–Trinajstić information content (AvgIpc) is 2.65.